The number of benzene rings is 2. The number of amides is 1. The summed E-state index contributed by atoms with van der Waals surface area (Å²) in [5.74, 6) is 0.938. The van der Waals surface area contributed by atoms with Crippen LogP contribution in [0.5, 0.6) is 5.75 Å². The lowest BCUT2D eigenvalue weighted by Crippen LogP contribution is -2.30. The number of aromatic nitrogens is 3. The molecule has 0 fully saturated rings. The molecule has 0 radical (unpaired) electrons. The number of ether oxygens (including phenoxy) is 1. The zero-order valence-corrected chi connectivity index (χ0v) is 20.2. The van der Waals surface area contributed by atoms with Crippen LogP contribution in [0.1, 0.15) is 32.7 Å². The van der Waals surface area contributed by atoms with Crippen molar-refractivity contribution in [3.05, 3.63) is 105 Å². The van der Waals surface area contributed by atoms with Crippen molar-refractivity contribution in [1.82, 2.24) is 19.2 Å². The van der Waals surface area contributed by atoms with E-state index in [1.165, 1.54) is 18.2 Å². The van der Waals surface area contributed by atoms with Gasteiger partial charge in [0.05, 0.1) is 31.6 Å². The number of rotatable bonds is 4. The number of methoxy groups -OCH3 is 1. The molecule has 1 aliphatic heterocycles. The van der Waals surface area contributed by atoms with E-state index in [1.54, 1.807) is 29.2 Å². The van der Waals surface area contributed by atoms with E-state index in [1.807, 2.05) is 33.8 Å². The van der Waals surface area contributed by atoms with E-state index in [2.05, 4.69) is 32.0 Å². The Morgan fingerprint density at radius 1 is 1.00 bits per heavy atom. The fourth-order valence-corrected chi connectivity index (χ4v) is 4.72. The van der Waals surface area contributed by atoms with Crippen molar-refractivity contribution < 1.29 is 13.9 Å². The largest absolute Gasteiger partial charge is 0.493 e. The van der Waals surface area contributed by atoms with E-state index in [0.29, 0.717) is 29.8 Å². The van der Waals surface area contributed by atoms with Crippen molar-refractivity contribution in [3.8, 4) is 17.3 Å². The number of carbonyl (C=O) groups excluding carboxylic acids is 1. The first-order valence-electron chi connectivity index (χ1n) is 11.7. The van der Waals surface area contributed by atoms with E-state index in [0.717, 1.165) is 22.8 Å². The van der Waals surface area contributed by atoms with E-state index in [-0.39, 0.29) is 11.5 Å². The summed E-state index contributed by atoms with van der Waals surface area (Å²) in [6, 6.07) is 17.0. The van der Waals surface area contributed by atoms with Crippen LogP contribution in [0.4, 0.5) is 0 Å². The molecule has 8 heteroatoms. The first-order valence-corrected chi connectivity index (χ1v) is 11.7. The average Bonchev–Trinajstić information content (AvgIpc) is 3.61. The summed E-state index contributed by atoms with van der Waals surface area (Å²) in [5.41, 5.74) is 4.73. The van der Waals surface area contributed by atoms with Gasteiger partial charge >= 0.3 is 5.63 Å². The van der Waals surface area contributed by atoms with E-state index in [9.17, 15) is 9.59 Å². The maximum atomic E-state index is 13.5. The first-order chi connectivity index (χ1) is 17.4. The molecule has 180 valence electrons. The van der Waals surface area contributed by atoms with Gasteiger partial charge in [0.1, 0.15) is 11.4 Å². The number of hydrogen-bond acceptors (Lipinski definition) is 5. The number of nitrogens with zero attached hydrogens (tertiary/aromatic N) is 4. The molecule has 0 saturated carbocycles. The molecule has 0 N–H and O–H groups in total. The van der Waals surface area contributed by atoms with Crippen molar-refractivity contribution in [2.24, 2.45) is 0 Å². The summed E-state index contributed by atoms with van der Waals surface area (Å²) < 4.78 is 14.7. The highest BCUT2D eigenvalue weighted by atomic mass is 16.5. The number of hydrogen-bond donors (Lipinski definition) is 0. The zero-order chi connectivity index (χ0) is 25.0. The molecule has 0 bridgehead atoms. The van der Waals surface area contributed by atoms with Gasteiger partial charge in [0.15, 0.2) is 11.3 Å². The fourth-order valence-electron chi connectivity index (χ4n) is 4.72. The SMILES string of the molecule is COc1cccc2cc(C(=O)N3Cc4nn(-c5ccc(C)c(C)c5)c(-n5cccc5)c4C3)c(=O)oc12. The molecule has 0 unspecified atom stereocenters. The first kappa shape index (κ1) is 21.9. The van der Waals surface area contributed by atoms with Crippen LogP contribution in [-0.2, 0) is 13.1 Å². The van der Waals surface area contributed by atoms with Crippen molar-refractivity contribution in [2.45, 2.75) is 26.9 Å². The second-order valence-electron chi connectivity index (χ2n) is 9.01. The number of carbonyl (C=O) groups is 1. The van der Waals surface area contributed by atoms with Crippen LogP contribution in [0.15, 0.2) is 76.2 Å². The maximum Gasteiger partial charge on any atom is 0.349 e. The van der Waals surface area contributed by atoms with Crippen molar-refractivity contribution >= 4 is 16.9 Å². The van der Waals surface area contributed by atoms with Gasteiger partial charge in [0.25, 0.3) is 5.91 Å². The molecule has 6 rings (SSSR count). The lowest BCUT2D eigenvalue weighted by Gasteiger charge is -2.17. The molecule has 4 heterocycles. The Hall–Kier alpha value is -4.59. The number of fused-ring (bicyclic) bond motifs is 2. The molecule has 2 aromatic carbocycles. The summed E-state index contributed by atoms with van der Waals surface area (Å²) in [4.78, 5) is 27.9. The minimum Gasteiger partial charge on any atom is -0.493 e. The Labute approximate surface area is 206 Å². The maximum absolute atomic E-state index is 13.5. The van der Waals surface area contributed by atoms with Gasteiger partial charge in [-0.2, -0.15) is 5.10 Å². The monoisotopic (exact) mass is 480 g/mol. The molecule has 1 aliphatic rings. The van der Waals surface area contributed by atoms with Crippen LogP contribution in [0, 0.1) is 13.8 Å². The van der Waals surface area contributed by atoms with Gasteiger partial charge in [-0.1, -0.05) is 18.2 Å². The smallest absolute Gasteiger partial charge is 0.349 e. The quantitative estimate of drug-likeness (QED) is 0.353. The third-order valence-electron chi connectivity index (χ3n) is 6.77. The summed E-state index contributed by atoms with van der Waals surface area (Å²) in [5, 5.41) is 5.52. The van der Waals surface area contributed by atoms with Gasteiger partial charge < -0.3 is 18.6 Å². The van der Waals surface area contributed by atoms with Gasteiger partial charge in [-0.3, -0.25) is 4.79 Å². The third kappa shape index (κ3) is 3.41. The Kier molecular flexibility index (Phi) is 5.03. The minimum atomic E-state index is -0.688. The van der Waals surface area contributed by atoms with Gasteiger partial charge in [-0.05, 0) is 61.4 Å². The van der Waals surface area contributed by atoms with Crippen LogP contribution in [-0.4, -0.2) is 32.3 Å². The third-order valence-corrected chi connectivity index (χ3v) is 6.77. The number of aryl methyl sites for hydroxylation is 2. The molecule has 0 spiro atoms. The van der Waals surface area contributed by atoms with Gasteiger partial charge in [0, 0.05) is 23.3 Å². The Balaban J connectivity index is 1.39. The molecule has 8 nitrogen and oxygen atoms in total. The van der Waals surface area contributed by atoms with Crippen molar-refractivity contribution in [1.29, 1.82) is 0 Å². The molecule has 5 aromatic rings. The lowest BCUT2D eigenvalue weighted by molar-refractivity contribution is 0.0745. The van der Waals surface area contributed by atoms with Crippen molar-refractivity contribution in [3.63, 3.8) is 0 Å². The van der Waals surface area contributed by atoms with E-state index < -0.39 is 5.63 Å². The molecular formula is C28H24N4O4. The number of para-hydroxylation sites is 1. The Morgan fingerprint density at radius 2 is 1.81 bits per heavy atom. The average molecular weight is 481 g/mol. The standard InChI is InChI=1S/C28H24N4O4/c1-17-9-10-20(13-18(17)2)32-26(30-11-4-5-12-30)22-15-31(16-23(22)29-32)27(33)21-14-19-7-6-8-24(35-3)25(19)36-28(21)34/h4-14H,15-16H2,1-3H3. The van der Waals surface area contributed by atoms with Crippen LogP contribution >= 0.6 is 0 Å². The highest BCUT2D eigenvalue weighted by Crippen LogP contribution is 2.32. The van der Waals surface area contributed by atoms with Crippen LogP contribution in [0.25, 0.3) is 22.5 Å². The van der Waals surface area contributed by atoms with Crippen LogP contribution in [0.2, 0.25) is 0 Å². The highest BCUT2D eigenvalue weighted by molar-refractivity contribution is 5.97. The zero-order valence-electron chi connectivity index (χ0n) is 20.2. The normalized spacial score (nSPS) is 12.8. The summed E-state index contributed by atoms with van der Waals surface area (Å²) in [6.45, 7) is 4.80. The fraction of sp³-hybridized carbons (Fsp3) is 0.179. The molecule has 1 amide bonds. The second-order valence-corrected chi connectivity index (χ2v) is 9.01. The molecule has 0 atom stereocenters. The van der Waals surface area contributed by atoms with E-state index in [4.69, 9.17) is 14.3 Å². The van der Waals surface area contributed by atoms with Crippen molar-refractivity contribution in [2.75, 3.05) is 7.11 Å². The molecule has 36 heavy (non-hydrogen) atoms. The van der Waals surface area contributed by atoms with Gasteiger partial charge in [-0.15, -0.1) is 0 Å². The predicted molar refractivity (Wildman–Crippen MR) is 135 cm³/mol. The lowest BCUT2D eigenvalue weighted by atomic mass is 10.1. The Bertz CT molecular complexity index is 1700. The van der Waals surface area contributed by atoms with Crippen LogP contribution < -0.4 is 10.4 Å². The molecule has 0 aliphatic carbocycles. The molecule has 3 aromatic heterocycles. The summed E-state index contributed by atoms with van der Waals surface area (Å²) >= 11 is 0. The summed E-state index contributed by atoms with van der Waals surface area (Å²) in [6.07, 6.45) is 3.93. The molecule has 0 saturated heterocycles. The molecular weight excluding hydrogens is 456 g/mol. The predicted octanol–water partition coefficient (Wildman–Crippen LogP) is 4.55. The van der Waals surface area contributed by atoms with Gasteiger partial charge in [-0.25, -0.2) is 9.48 Å². The Morgan fingerprint density at radius 3 is 2.56 bits per heavy atom. The second kappa shape index (κ2) is 8.27. The summed E-state index contributed by atoms with van der Waals surface area (Å²) in [7, 11) is 1.51. The highest BCUT2D eigenvalue weighted by Gasteiger charge is 2.33. The van der Waals surface area contributed by atoms with Gasteiger partial charge in [0.2, 0.25) is 0 Å². The minimum absolute atomic E-state index is 0.00884. The van der Waals surface area contributed by atoms with Crippen LogP contribution in [0.3, 0.4) is 0 Å². The topological polar surface area (TPSA) is 82.5 Å². The van der Waals surface area contributed by atoms with E-state index >= 15 is 0 Å².